The summed E-state index contributed by atoms with van der Waals surface area (Å²) in [7, 11) is 5.16. The first-order chi connectivity index (χ1) is 9.06. The summed E-state index contributed by atoms with van der Waals surface area (Å²) < 4.78 is 10.4. The maximum absolute atomic E-state index is 10.8. The fourth-order valence-electron chi connectivity index (χ4n) is 2.32. The van der Waals surface area contributed by atoms with Crippen LogP contribution in [0.5, 0.6) is 11.5 Å². The highest BCUT2D eigenvalue weighted by atomic mass is 16.5. The molecule has 2 atom stereocenters. The third kappa shape index (κ3) is 2.98. The second-order valence-electron chi connectivity index (χ2n) is 4.85. The second kappa shape index (κ2) is 5.48. The van der Waals surface area contributed by atoms with Crippen LogP contribution in [0.1, 0.15) is 12.0 Å². The molecule has 1 aromatic carbocycles. The molecule has 0 aromatic heterocycles. The van der Waals surface area contributed by atoms with Crippen molar-refractivity contribution in [3.63, 3.8) is 0 Å². The van der Waals surface area contributed by atoms with Crippen molar-refractivity contribution in [1.29, 1.82) is 0 Å². The first-order valence-corrected chi connectivity index (χ1v) is 6.20. The van der Waals surface area contributed by atoms with Gasteiger partial charge in [0.2, 0.25) is 0 Å². The summed E-state index contributed by atoms with van der Waals surface area (Å²) in [5.41, 5.74) is 1.08. The highest BCUT2D eigenvalue weighted by molar-refractivity contribution is 5.74. The molecule has 5 nitrogen and oxygen atoms in total. The van der Waals surface area contributed by atoms with Crippen molar-refractivity contribution in [2.45, 2.75) is 19.0 Å². The van der Waals surface area contributed by atoms with E-state index in [-0.39, 0.29) is 12.0 Å². The quantitative estimate of drug-likeness (QED) is 0.846. The Kier molecular flexibility index (Phi) is 3.95. The van der Waals surface area contributed by atoms with Crippen molar-refractivity contribution in [3.05, 3.63) is 23.8 Å². The fraction of sp³-hybridized carbons (Fsp3) is 0.500. The molecule has 0 aliphatic heterocycles. The van der Waals surface area contributed by atoms with Crippen molar-refractivity contribution in [2.75, 3.05) is 21.3 Å². The number of rotatable bonds is 6. The lowest BCUT2D eigenvalue weighted by Crippen LogP contribution is -2.23. The Labute approximate surface area is 112 Å². The van der Waals surface area contributed by atoms with Gasteiger partial charge in [-0.15, -0.1) is 0 Å². The number of carbonyl (C=O) groups is 1. The number of ether oxygens (including phenoxy) is 2. The van der Waals surface area contributed by atoms with Crippen molar-refractivity contribution >= 4 is 5.97 Å². The van der Waals surface area contributed by atoms with Crippen LogP contribution in [0.3, 0.4) is 0 Å². The smallest absolute Gasteiger partial charge is 0.308 e. The van der Waals surface area contributed by atoms with Gasteiger partial charge in [-0.2, -0.15) is 0 Å². The summed E-state index contributed by atoms with van der Waals surface area (Å²) in [5, 5.41) is 8.93. The molecule has 0 spiro atoms. The van der Waals surface area contributed by atoms with Crippen LogP contribution >= 0.6 is 0 Å². The van der Waals surface area contributed by atoms with Gasteiger partial charge in [-0.3, -0.25) is 9.69 Å². The molecule has 1 N–H and O–H groups in total. The molecule has 2 rings (SSSR count). The van der Waals surface area contributed by atoms with E-state index in [1.165, 1.54) is 0 Å². The van der Waals surface area contributed by atoms with Gasteiger partial charge >= 0.3 is 5.97 Å². The van der Waals surface area contributed by atoms with Crippen molar-refractivity contribution in [2.24, 2.45) is 5.92 Å². The monoisotopic (exact) mass is 265 g/mol. The minimum Gasteiger partial charge on any atom is -0.493 e. The van der Waals surface area contributed by atoms with Gasteiger partial charge in [0, 0.05) is 12.6 Å². The number of hydrogen-bond donors (Lipinski definition) is 1. The summed E-state index contributed by atoms with van der Waals surface area (Å²) in [6.45, 7) is 0.703. The van der Waals surface area contributed by atoms with Crippen molar-refractivity contribution in [3.8, 4) is 11.5 Å². The van der Waals surface area contributed by atoms with Crippen LogP contribution in [0.25, 0.3) is 0 Å². The lowest BCUT2D eigenvalue weighted by Gasteiger charge is -2.17. The number of nitrogens with zero attached hydrogens (tertiary/aromatic N) is 1. The van der Waals surface area contributed by atoms with E-state index in [0.717, 1.165) is 12.0 Å². The van der Waals surface area contributed by atoms with E-state index in [0.29, 0.717) is 18.0 Å². The molecule has 0 amide bonds. The Balaban J connectivity index is 2.01. The zero-order valence-corrected chi connectivity index (χ0v) is 11.4. The van der Waals surface area contributed by atoms with Crippen LogP contribution in [0, 0.1) is 5.92 Å². The predicted octanol–water partition coefficient (Wildman–Crippen LogP) is 1.61. The SMILES string of the molecule is COc1ccc(CN(C)C2CC2C(=O)O)cc1OC. The minimum absolute atomic E-state index is 0.144. The number of carboxylic acid groups (broad SMARTS) is 1. The first-order valence-electron chi connectivity index (χ1n) is 6.20. The summed E-state index contributed by atoms with van der Waals surface area (Å²) in [4.78, 5) is 12.9. The number of aliphatic carboxylic acids is 1. The summed E-state index contributed by atoms with van der Waals surface area (Å²) in [5.74, 6) is 0.469. The standard InChI is InChI=1S/C14H19NO4/c1-15(11-7-10(11)14(16)17)8-9-4-5-12(18-2)13(6-9)19-3/h4-6,10-11H,7-8H2,1-3H3,(H,16,17). The Morgan fingerprint density at radius 1 is 1.37 bits per heavy atom. The Bertz CT molecular complexity index is 475. The van der Waals surface area contributed by atoms with Crippen LogP contribution in [-0.4, -0.2) is 43.3 Å². The van der Waals surface area contributed by atoms with E-state index >= 15 is 0 Å². The maximum Gasteiger partial charge on any atom is 0.308 e. The van der Waals surface area contributed by atoms with Gasteiger partial charge in [0.05, 0.1) is 20.1 Å². The number of hydrogen-bond acceptors (Lipinski definition) is 4. The first kappa shape index (κ1) is 13.7. The number of methoxy groups -OCH3 is 2. The van der Waals surface area contributed by atoms with E-state index in [9.17, 15) is 4.79 Å². The molecule has 1 fully saturated rings. The molecule has 0 radical (unpaired) electrons. The summed E-state index contributed by atoms with van der Waals surface area (Å²) in [6, 6.07) is 5.90. The van der Waals surface area contributed by atoms with E-state index in [1.807, 2.05) is 25.2 Å². The van der Waals surface area contributed by atoms with Gasteiger partial charge < -0.3 is 14.6 Å². The van der Waals surface area contributed by atoms with E-state index in [1.54, 1.807) is 14.2 Å². The second-order valence-corrected chi connectivity index (χ2v) is 4.85. The Morgan fingerprint density at radius 3 is 2.58 bits per heavy atom. The lowest BCUT2D eigenvalue weighted by atomic mass is 10.2. The molecule has 104 valence electrons. The van der Waals surface area contributed by atoms with Gasteiger partial charge in [0.15, 0.2) is 11.5 Å². The average molecular weight is 265 g/mol. The van der Waals surface area contributed by atoms with Crippen LogP contribution in [0.4, 0.5) is 0 Å². The van der Waals surface area contributed by atoms with Crippen LogP contribution in [-0.2, 0) is 11.3 Å². The van der Waals surface area contributed by atoms with Gasteiger partial charge in [-0.1, -0.05) is 6.07 Å². The fourth-order valence-corrected chi connectivity index (χ4v) is 2.32. The van der Waals surface area contributed by atoms with E-state index < -0.39 is 5.97 Å². The molecule has 1 saturated carbocycles. The molecule has 0 saturated heterocycles. The third-order valence-corrected chi connectivity index (χ3v) is 3.52. The molecule has 19 heavy (non-hydrogen) atoms. The third-order valence-electron chi connectivity index (χ3n) is 3.52. The number of benzene rings is 1. The van der Waals surface area contributed by atoms with Gasteiger partial charge in [-0.05, 0) is 31.2 Å². The maximum atomic E-state index is 10.8. The molecule has 0 heterocycles. The largest absolute Gasteiger partial charge is 0.493 e. The van der Waals surface area contributed by atoms with Gasteiger partial charge in [0.1, 0.15) is 0 Å². The topological polar surface area (TPSA) is 59.0 Å². The van der Waals surface area contributed by atoms with Gasteiger partial charge in [-0.25, -0.2) is 0 Å². The molecule has 2 unspecified atom stereocenters. The van der Waals surface area contributed by atoms with Crippen LogP contribution in [0.15, 0.2) is 18.2 Å². The van der Waals surface area contributed by atoms with E-state index in [2.05, 4.69) is 4.90 Å². The van der Waals surface area contributed by atoms with E-state index in [4.69, 9.17) is 14.6 Å². The molecule has 5 heteroatoms. The highest BCUT2D eigenvalue weighted by Gasteiger charge is 2.45. The van der Waals surface area contributed by atoms with Crippen LogP contribution in [0.2, 0.25) is 0 Å². The lowest BCUT2D eigenvalue weighted by molar-refractivity contribution is -0.138. The molecule has 1 aromatic rings. The normalized spacial score (nSPS) is 21.3. The molecular formula is C14H19NO4. The van der Waals surface area contributed by atoms with Crippen molar-refractivity contribution in [1.82, 2.24) is 4.90 Å². The zero-order chi connectivity index (χ0) is 14.0. The highest BCUT2D eigenvalue weighted by Crippen LogP contribution is 2.36. The zero-order valence-electron chi connectivity index (χ0n) is 11.4. The van der Waals surface area contributed by atoms with Crippen molar-refractivity contribution < 1.29 is 19.4 Å². The molecule has 1 aliphatic carbocycles. The van der Waals surface area contributed by atoms with Crippen LogP contribution < -0.4 is 9.47 Å². The predicted molar refractivity (Wildman–Crippen MR) is 70.5 cm³/mol. The summed E-state index contributed by atoms with van der Waals surface area (Å²) >= 11 is 0. The minimum atomic E-state index is -0.704. The molecule has 0 bridgehead atoms. The molecule has 1 aliphatic rings. The average Bonchev–Trinajstić information content (AvgIpc) is 3.19. The Morgan fingerprint density at radius 2 is 2.05 bits per heavy atom. The molecular weight excluding hydrogens is 246 g/mol. The summed E-state index contributed by atoms with van der Waals surface area (Å²) in [6.07, 6.45) is 0.735. The number of carboxylic acids is 1. The van der Waals surface area contributed by atoms with Gasteiger partial charge in [0.25, 0.3) is 0 Å². The Hall–Kier alpha value is -1.75.